The molecular weight excluding hydrogens is 352 g/mol. The van der Waals surface area contributed by atoms with Gasteiger partial charge in [0.1, 0.15) is 0 Å². The summed E-state index contributed by atoms with van der Waals surface area (Å²) in [5.74, 6) is 1.04. The molecule has 0 amide bonds. The van der Waals surface area contributed by atoms with E-state index in [9.17, 15) is 15.2 Å². The van der Waals surface area contributed by atoms with E-state index in [-0.39, 0.29) is 5.69 Å². The summed E-state index contributed by atoms with van der Waals surface area (Å²) in [6, 6.07) is 11.0. The number of aromatic hydroxyl groups is 1. The van der Waals surface area contributed by atoms with E-state index in [1.165, 1.54) is 25.4 Å². The summed E-state index contributed by atoms with van der Waals surface area (Å²) >= 11 is 0. The molecule has 3 aromatic rings. The number of nitro groups is 1. The molecule has 0 aliphatic rings. The van der Waals surface area contributed by atoms with Crippen molar-refractivity contribution in [2.75, 3.05) is 19.5 Å². The number of hydrogen-bond acceptors (Lipinski definition) is 8. The van der Waals surface area contributed by atoms with Crippen LogP contribution in [0.15, 0.2) is 48.7 Å². The zero-order valence-corrected chi connectivity index (χ0v) is 14.5. The maximum atomic E-state index is 11.0. The smallest absolute Gasteiger partial charge is 0.311 e. The molecule has 1 aromatic heterocycles. The number of phenols is 1. The Balaban J connectivity index is 1.90. The molecule has 3 rings (SSSR count). The Bertz CT molecular complexity index is 993. The zero-order chi connectivity index (χ0) is 19.4. The molecule has 0 atom stereocenters. The Labute approximate surface area is 154 Å². The Morgan fingerprint density at radius 2 is 1.85 bits per heavy atom. The highest BCUT2D eigenvalue weighted by atomic mass is 16.6. The van der Waals surface area contributed by atoms with Crippen molar-refractivity contribution >= 4 is 17.3 Å². The van der Waals surface area contributed by atoms with E-state index in [0.717, 1.165) is 0 Å². The van der Waals surface area contributed by atoms with Crippen molar-refractivity contribution in [1.29, 1.82) is 0 Å². The van der Waals surface area contributed by atoms with Gasteiger partial charge < -0.3 is 19.9 Å². The van der Waals surface area contributed by atoms with Gasteiger partial charge in [-0.1, -0.05) is 0 Å². The summed E-state index contributed by atoms with van der Waals surface area (Å²) in [7, 11) is 3.09. The summed E-state index contributed by atoms with van der Waals surface area (Å²) < 4.78 is 10.5. The fraction of sp³-hybridized carbons (Fsp3) is 0.111. The molecule has 2 N–H and O–H groups in total. The van der Waals surface area contributed by atoms with Crippen LogP contribution in [-0.2, 0) is 0 Å². The first-order valence-electron chi connectivity index (χ1n) is 7.81. The van der Waals surface area contributed by atoms with E-state index in [2.05, 4.69) is 15.3 Å². The number of nitrogens with one attached hydrogen (secondary N) is 1. The second kappa shape index (κ2) is 7.56. The number of hydrogen-bond donors (Lipinski definition) is 2. The van der Waals surface area contributed by atoms with Crippen LogP contribution in [0, 0.1) is 10.1 Å². The lowest BCUT2D eigenvalue weighted by molar-refractivity contribution is -0.385. The van der Waals surface area contributed by atoms with Gasteiger partial charge in [0, 0.05) is 29.6 Å². The predicted molar refractivity (Wildman–Crippen MR) is 98.6 cm³/mol. The van der Waals surface area contributed by atoms with Crippen molar-refractivity contribution in [1.82, 2.24) is 9.97 Å². The number of nitro benzene ring substituents is 1. The molecule has 0 radical (unpaired) electrons. The highest BCUT2D eigenvalue weighted by Crippen LogP contribution is 2.32. The molecular formula is C18H16N4O5. The lowest BCUT2D eigenvalue weighted by Gasteiger charge is -2.11. The van der Waals surface area contributed by atoms with Gasteiger partial charge in [-0.3, -0.25) is 10.1 Å². The van der Waals surface area contributed by atoms with Gasteiger partial charge in [-0.05, 0) is 30.3 Å². The van der Waals surface area contributed by atoms with Crippen molar-refractivity contribution in [3.05, 3.63) is 58.8 Å². The molecule has 0 bridgehead atoms. The fourth-order valence-corrected chi connectivity index (χ4v) is 2.45. The lowest BCUT2D eigenvalue weighted by Crippen LogP contribution is -1.99. The Morgan fingerprint density at radius 1 is 1.07 bits per heavy atom. The second-order valence-corrected chi connectivity index (χ2v) is 5.42. The van der Waals surface area contributed by atoms with Gasteiger partial charge in [-0.25, -0.2) is 9.97 Å². The number of aromatic nitrogens is 2. The molecule has 0 spiro atoms. The third-order valence-corrected chi connectivity index (χ3v) is 3.76. The summed E-state index contributed by atoms with van der Waals surface area (Å²) in [4.78, 5) is 18.9. The molecule has 1 heterocycles. The van der Waals surface area contributed by atoms with Gasteiger partial charge in [0.15, 0.2) is 17.2 Å². The van der Waals surface area contributed by atoms with Crippen molar-refractivity contribution in [3.63, 3.8) is 0 Å². The summed E-state index contributed by atoms with van der Waals surface area (Å²) in [6.07, 6.45) is 1.53. The highest BCUT2D eigenvalue weighted by molar-refractivity contribution is 5.67. The second-order valence-electron chi connectivity index (χ2n) is 5.42. The summed E-state index contributed by atoms with van der Waals surface area (Å²) in [5, 5.41) is 23.6. The minimum atomic E-state index is -0.650. The van der Waals surface area contributed by atoms with Crippen LogP contribution in [0.25, 0.3) is 11.3 Å². The van der Waals surface area contributed by atoms with E-state index in [1.807, 2.05) is 0 Å². The van der Waals surface area contributed by atoms with Crippen LogP contribution in [-0.4, -0.2) is 34.2 Å². The average molecular weight is 368 g/mol. The predicted octanol–water partition coefficient (Wildman–Crippen LogP) is 3.52. The van der Waals surface area contributed by atoms with Crippen molar-refractivity contribution in [2.45, 2.75) is 0 Å². The molecule has 138 valence electrons. The Kier molecular flexibility index (Phi) is 5.02. The van der Waals surface area contributed by atoms with E-state index in [4.69, 9.17) is 9.47 Å². The number of methoxy groups -OCH3 is 2. The van der Waals surface area contributed by atoms with Crippen LogP contribution in [0.2, 0.25) is 0 Å². The SMILES string of the molecule is COc1ccc(Nc2nccc(-c3ccc(O)c([N+](=O)[O-])c3)n2)cc1OC. The number of phenolic OH excluding ortho intramolecular Hbond substituents is 1. The van der Waals surface area contributed by atoms with E-state index in [1.54, 1.807) is 37.4 Å². The first-order chi connectivity index (χ1) is 13.0. The normalized spacial score (nSPS) is 10.3. The zero-order valence-electron chi connectivity index (χ0n) is 14.5. The topological polar surface area (TPSA) is 120 Å². The van der Waals surface area contributed by atoms with Crippen molar-refractivity contribution in [2.24, 2.45) is 0 Å². The molecule has 9 heteroatoms. The molecule has 0 aliphatic heterocycles. The van der Waals surface area contributed by atoms with Crippen LogP contribution in [0.5, 0.6) is 17.2 Å². The minimum absolute atomic E-state index is 0.301. The third kappa shape index (κ3) is 3.87. The molecule has 0 saturated carbocycles. The monoisotopic (exact) mass is 368 g/mol. The fourth-order valence-electron chi connectivity index (χ4n) is 2.45. The molecule has 0 aliphatic carbocycles. The number of rotatable bonds is 6. The van der Waals surface area contributed by atoms with Crippen LogP contribution >= 0.6 is 0 Å². The number of nitrogens with zero attached hydrogens (tertiary/aromatic N) is 3. The van der Waals surface area contributed by atoms with Gasteiger partial charge in [0.25, 0.3) is 0 Å². The number of benzene rings is 2. The third-order valence-electron chi connectivity index (χ3n) is 3.76. The maximum Gasteiger partial charge on any atom is 0.311 e. The summed E-state index contributed by atoms with van der Waals surface area (Å²) in [5.41, 5.74) is 1.25. The highest BCUT2D eigenvalue weighted by Gasteiger charge is 2.15. The lowest BCUT2D eigenvalue weighted by atomic mass is 10.1. The summed E-state index contributed by atoms with van der Waals surface area (Å²) in [6.45, 7) is 0. The first kappa shape index (κ1) is 17.9. The standard InChI is InChI=1S/C18H16N4O5/c1-26-16-6-4-12(10-17(16)27-2)20-18-19-8-7-13(21-18)11-3-5-15(23)14(9-11)22(24)25/h3-10,23H,1-2H3,(H,19,20,21). The molecule has 2 aromatic carbocycles. The van der Waals surface area contributed by atoms with Gasteiger partial charge in [-0.15, -0.1) is 0 Å². The minimum Gasteiger partial charge on any atom is -0.502 e. The number of ether oxygens (including phenoxy) is 2. The van der Waals surface area contributed by atoms with Crippen LogP contribution in [0.3, 0.4) is 0 Å². The Hall–Kier alpha value is -3.88. The van der Waals surface area contributed by atoms with Gasteiger partial charge >= 0.3 is 5.69 Å². The molecule has 9 nitrogen and oxygen atoms in total. The largest absolute Gasteiger partial charge is 0.502 e. The van der Waals surface area contributed by atoms with Crippen LogP contribution < -0.4 is 14.8 Å². The first-order valence-corrected chi connectivity index (χ1v) is 7.81. The molecule has 27 heavy (non-hydrogen) atoms. The van der Waals surface area contributed by atoms with Crippen molar-refractivity contribution < 1.29 is 19.5 Å². The van der Waals surface area contributed by atoms with Crippen molar-refractivity contribution in [3.8, 4) is 28.5 Å². The van der Waals surface area contributed by atoms with Gasteiger partial charge in [0.05, 0.1) is 24.8 Å². The van der Waals surface area contributed by atoms with Gasteiger partial charge in [0.2, 0.25) is 5.95 Å². The number of anilines is 2. The maximum absolute atomic E-state index is 11.0. The average Bonchev–Trinajstić information content (AvgIpc) is 2.68. The molecule has 0 unspecified atom stereocenters. The van der Waals surface area contributed by atoms with E-state index < -0.39 is 10.7 Å². The Morgan fingerprint density at radius 3 is 2.56 bits per heavy atom. The molecule has 0 fully saturated rings. The van der Waals surface area contributed by atoms with E-state index in [0.29, 0.717) is 34.4 Å². The van der Waals surface area contributed by atoms with Crippen LogP contribution in [0.1, 0.15) is 0 Å². The van der Waals surface area contributed by atoms with E-state index >= 15 is 0 Å². The van der Waals surface area contributed by atoms with Gasteiger partial charge in [-0.2, -0.15) is 0 Å². The molecule has 0 saturated heterocycles. The quantitative estimate of drug-likeness (QED) is 0.501. The van der Waals surface area contributed by atoms with Crippen LogP contribution in [0.4, 0.5) is 17.3 Å².